The van der Waals surface area contributed by atoms with Gasteiger partial charge in [-0.05, 0) is 11.8 Å². The monoisotopic (exact) mass is 188 g/mol. The van der Waals surface area contributed by atoms with Crippen molar-refractivity contribution in [1.82, 2.24) is 5.32 Å². The average molecular weight is 188 g/mol. The molecule has 1 atom stereocenters. The first-order valence-corrected chi connectivity index (χ1v) is 4.52. The SMILES string of the molecule is CC(C)(C)CCNC(=O)C(O)CN. The van der Waals surface area contributed by atoms with Gasteiger partial charge >= 0.3 is 0 Å². The first-order chi connectivity index (χ1) is 5.87. The fourth-order valence-electron chi connectivity index (χ4n) is 0.786. The Bertz CT molecular complexity index is 163. The molecule has 1 unspecified atom stereocenters. The molecule has 0 aromatic carbocycles. The lowest BCUT2D eigenvalue weighted by molar-refractivity contribution is -0.128. The number of amides is 1. The molecule has 4 nitrogen and oxygen atoms in total. The third kappa shape index (κ3) is 6.54. The molecule has 1 amide bonds. The summed E-state index contributed by atoms with van der Waals surface area (Å²) in [5.74, 6) is -0.383. The lowest BCUT2D eigenvalue weighted by Gasteiger charge is -2.18. The number of hydrogen-bond acceptors (Lipinski definition) is 3. The summed E-state index contributed by atoms with van der Waals surface area (Å²) in [6, 6.07) is 0. The van der Waals surface area contributed by atoms with E-state index < -0.39 is 6.10 Å². The molecule has 0 aliphatic carbocycles. The molecule has 0 saturated heterocycles. The average Bonchev–Trinajstić information content (AvgIpc) is 2.00. The molecule has 0 rings (SSSR count). The van der Waals surface area contributed by atoms with Crippen LogP contribution >= 0.6 is 0 Å². The predicted octanol–water partition coefficient (Wildman–Crippen LogP) is -0.142. The van der Waals surface area contributed by atoms with Crippen LogP contribution in [0.1, 0.15) is 27.2 Å². The second-order valence-electron chi connectivity index (χ2n) is 4.35. The second-order valence-corrected chi connectivity index (χ2v) is 4.35. The van der Waals surface area contributed by atoms with Crippen molar-refractivity contribution < 1.29 is 9.90 Å². The molecule has 0 aliphatic rings. The van der Waals surface area contributed by atoms with E-state index in [2.05, 4.69) is 26.1 Å². The van der Waals surface area contributed by atoms with Crippen molar-refractivity contribution in [2.45, 2.75) is 33.3 Å². The van der Waals surface area contributed by atoms with Gasteiger partial charge in [0.25, 0.3) is 0 Å². The molecule has 0 fully saturated rings. The highest BCUT2D eigenvalue weighted by Gasteiger charge is 2.14. The normalized spacial score (nSPS) is 13.9. The Morgan fingerprint density at radius 2 is 2.08 bits per heavy atom. The molecule has 0 radical (unpaired) electrons. The van der Waals surface area contributed by atoms with Gasteiger partial charge in [0.2, 0.25) is 5.91 Å². The maximum absolute atomic E-state index is 11.0. The fraction of sp³-hybridized carbons (Fsp3) is 0.889. The minimum absolute atomic E-state index is 0.0264. The quantitative estimate of drug-likeness (QED) is 0.574. The smallest absolute Gasteiger partial charge is 0.250 e. The Labute approximate surface area is 79.5 Å². The van der Waals surface area contributed by atoms with E-state index >= 15 is 0 Å². The molecule has 0 bridgehead atoms. The minimum atomic E-state index is -1.07. The van der Waals surface area contributed by atoms with Gasteiger partial charge in [-0.15, -0.1) is 0 Å². The number of aliphatic hydroxyl groups excluding tert-OH is 1. The van der Waals surface area contributed by atoms with E-state index in [0.717, 1.165) is 6.42 Å². The van der Waals surface area contributed by atoms with Crippen LogP contribution in [-0.2, 0) is 4.79 Å². The zero-order chi connectivity index (χ0) is 10.5. The van der Waals surface area contributed by atoms with Crippen molar-refractivity contribution in [1.29, 1.82) is 0 Å². The van der Waals surface area contributed by atoms with Gasteiger partial charge < -0.3 is 16.2 Å². The van der Waals surface area contributed by atoms with Gasteiger partial charge in [-0.2, -0.15) is 0 Å². The van der Waals surface area contributed by atoms with Gasteiger partial charge in [0.05, 0.1) is 0 Å². The molecule has 0 aromatic rings. The summed E-state index contributed by atoms with van der Waals surface area (Å²) in [6.07, 6.45) is -0.185. The lowest BCUT2D eigenvalue weighted by atomic mass is 9.92. The van der Waals surface area contributed by atoms with Gasteiger partial charge in [-0.1, -0.05) is 20.8 Å². The molecular weight excluding hydrogens is 168 g/mol. The predicted molar refractivity (Wildman–Crippen MR) is 52.1 cm³/mol. The van der Waals surface area contributed by atoms with E-state index in [1.807, 2.05) is 0 Å². The van der Waals surface area contributed by atoms with Crippen molar-refractivity contribution in [3.63, 3.8) is 0 Å². The van der Waals surface area contributed by atoms with Crippen molar-refractivity contribution >= 4 is 5.91 Å². The summed E-state index contributed by atoms with van der Waals surface area (Å²) >= 11 is 0. The first kappa shape index (κ1) is 12.4. The van der Waals surface area contributed by atoms with Gasteiger partial charge in [-0.25, -0.2) is 0 Å². The summed E-state index contributed by atoms with van der Waals surface area (Å²) in [5, 5.41) is 11.6. The highest BCUT2D eigenvalue weighted by molar-refractivity contribution is 5.80. The van der Waals surface area contributed by atoms with Gasteiger partial charge in [0.15, 0.2) is 0 Å². The maximum Gasteiger partial charge on any atom is 0.250 e. The third-order valence-electron chi connectivity index (χ3n) is 1.70. The molecule has 0 heterocycles. The van der Waals surface area contributed by atoms with E-state index in [4.69, 9.17) is 10.8 Å². The fourth-order valence-corrected chi connectivity index (χ4v) is 0.786. The van der Waals surface area contributed by atoms with E-state index in [0.29, 0.717) is 6.54 Å². The standard InChI is InChI=1S/C9H20N2O2/c1-9(2,3)4-5-11-8(13)7(12)6-10/h7,12H,4-6,10H2,1-3H3,(H,11,13). The van der Waals surface area contributed by atoms with Gasteiger partial charge in [-0.3, -0.25) is 4.79 Å². The van der Waals surface area contributed by atoms with Crippen LogP contribution in [0.25, 0.3) is 0 Å². The van der Waals surface area contributed by atoms with E-state index in [-0.39, 0.29) is 17.9 Å². The van der Waals surface area contributed by atoms with Crippen LogP contribution in [-0.4, -0.2) is 30.2 Å². The van der Waals surface area contributed by atoms with Crippen LogP contribution in [0.5, 0.6) is 0 Å². The molecule has 0 spiro atoms. The van der Waals surface area contributed by atoms with Gasteiger partial charge in [0.1, 0.15) is 6.10 Å². The van der Waals surface area contributed by atoms with Crippen molar-refractivity contribution in [3.8, 4) is 0 Å². The van der Waals surface area contributed by atoms with Crippen LogP contribution < -0.4 is 11.1 Å². The Morgan fingerprint density at radius 3 is 2.46 bits per heavy atom. The summed E-state index contributed by atoms with van der Waals surface area (Å²) in [7, 11) is 0. The number of nitrogens with one attached hydrogen (secondary N) is 1. The molecule has 0 aliphatic heterocycles. The summed E-state index contributed by atoms with van der Waals surface area (Å²) in [6.45, 7) is 6.84. The number of carbonyl (C=O) groups excluding carboxylic acids is 1. The van der Waals surface area contributed by atoms with Gasteiger partial charge in [0, 0.05) is 13.1 Å². The summed E-state index contributed by atoms with van der Waals surface area (Å²) < 4.78 is 0. The van der Waals surface area contributed by atoms with E-state index in [9.17, 15) is 4.79 Å². The Kier molecular flexibility index (Phi) is 4.95. The molecule has 78 valence electrons. The van der Waals surface area contributed by atoms with Crippen molar-refractivity contribution in [2.75, 3.05) is 13.1 Å². The van der Waals surface area contributed by atoms with Crippen molar-refractivity contribution in [3.05, 3.63) is 0 Å². The first-order valence-electron chi connectivity index (χ1n) is 4.52. The van der Waals surface area contributed by atoms with Crippen LogP contribution in [0.3, 0.4) is 0 Å². The summed E-state index contributed by atoms with van der Waals surface area (Å²) in [5.41, 5.74) is 5.32. The highest BCUT2D eigenvalue weighted by Crippen LogP contribution is 2.16. The van der Waals surface area contributed by atoms with Crippen LogP contribution in [0.4, 0.5) is 0 Å². The van der Waals surface area contributed by atoms with E-state index in [1.165, 1.54) is 0 Å². The Balaban J connectivity index is 3.60. The molecule has 4 N–H and O–H groups in total. The van der Waals surface area contributed by atoms with E-state index in [1.54, 1.807) is 0 Å². The van der Waals surface area contributed by atoms with Crippen LogP contribution in [0.2, 0.25) is 0 Å². The highest BCUT2D eigenvalue weighted by atomic mass is 16.3. The van der Waals surface area contributed by atoms with Crippen LogP contribution in [0, 0.1) is 5.41 Å². The molecule has 13 heavy (non-hydrogen) atoms. The topological polar surface area (TPSA) is 75.3 Å². The van der Waals surface area contributed by atoms with Crippen molar-refractivity contribution in [2.24, 2.45) is 11.1 Å². The zero-order valence-corrected chi connectivity index (χ0v) is 8.63. The molecule has 0 saturated carbocycles. The largest absolute Gasteiger partial charge is 0.382 e. The number of rotatable bonds is 4. The Morgan fingerprint density at radius 1 is 1.54 bits per heavy atom. The number of nitrogens with two attached hydrogens (primary N) is 1. The molecular formula is C9H20N2O2. The third-order valence-corrected chi connectivity index (χ3v) is 1.70. The minimum Gasteiger partial charge on any atom is -0.382 e. The Hall–Kier alpha value is -0.610. The lowest BCUT2D eigenvalue weighted by Crippen LogP contribution is -2.40. The number of aliphatic hydroxyl groups is 1. The second kappa shape index (κ2) is 5.19. The zero-order valence-electron chi connectivity index (χ0n) is 8.63. The summed E-state index contributed by atoms with van der Waals surface area (Å²) in [4.78, 5) is 11.0. The number of hydrogen-bond donors (Lipinski definition) is 3. The number of carbonyl (C=O) groups is 1. The van der Waals surface area contributed by atoms with Crippen LogP contribution in [0.15, 0.2) is 0 Å². The maximum atomic E-state index is 11.0. The molecule has 4 heteroatoms. The molecule has 0 aromatic heterocycles.